The van der Waals surface area contributed by atoms with Gasteiger partial charge in [-0.3, -0.25) is 4.21 Å². The van der Waals surface area contributed by atoms with Crippen molar-refractivity contribution < 1.29 is 4.21 Å². The van der Waals surface area contributed by atoms with Crippen LogP contribution in [0.5, 0.6) is 0 Å². The number of rotatable bonds is 4. The summed E-state index contributed by atoms with van der Waals surface area (Å²) >= 11 is 5.58. The Morgan fingerprint density at radius 1 is 1.57 bits per heavy atom. The molecule has 0 radical (unpaired) electrons. The van der Waals surface area contributed by atoms with Gasteiger partial charge in [-0.1, -0.05) is 11.6 Å². The summed E-state index contributed by atoms with van der Waals surface area (Å²) in [6.07, 6.45) is 1.67. The Labute approximate surface area is 90.5 Å². The van der Waals surface area contributed by atoms with Gasteiger partial charge in [0.15, 0.2) is 5.15 Å². The molecular formula is C8H12ClN3OS. The van der Waals surface area contributed by atoms with Crippen molar-refractivity contribution in [2.75, 3.05) is 17.3 Å². The van der Waals surface area contributed by atoms with Crippen LogP contribution in [0.1, 0.15) is 6.92 Å². The van der Waals surface area contributed by atoms with E-state index in [9.17, 15) is 4.21 Å². The van der Waals surface area contributed by atoms with E-state index in [0.717, 1.165) is 0 Å². The predicted molar refractivity (Wildman–Crippen MR) is 59.1 cm³/mol. The standard InChI is InChI=1S/C8H12ClN3OS/c1-6(5-14(2)13)10-8-4-3-7(9)11-12-8/h3-4,6H,5H2,1-2H3,(H,10,12). The lowest BCUT2D eigenvalue weighted by Crippen LogP contribution is -2.22. The first-order valence-corrected chi connectivity index (χ1v) is 6.24. The fourth-order valence-electron chi connectivity index (χ4n) is 1.04. The number of hydrogen-bond acceptors (Lipinski definition) is 4. The summed E-state index contributed by atoms with van der Waals surface area (Å²) in [5.74, 6) is 1.23. The van der Waals surface area contributed by atoms with E-state index in [4.69, 9.17) is 11.6 Å². The average Bonchev–Trinajstić information content (AvgIpc) is 2.07. The molecule has 0 aromatic carbocycles. The summed E-state index contributed by atoms with van der Waals surface area (Å²) in [6, 6.07) is 3.51. The molecule has 1 N–H and O–H groups in total. The van der Waals surface area contributed by atoms with Crippen LogP contribution in [0.25, 0.3) is 0 Å². The zero-order valence-corrected chi connectivity index (χ0v) is 9.60. The van der Waals surface area contributed by atoms with E-state index in [0.29, 0.717) is 16.7 Å². The van der Waals surface area contributed by atoms with Crippen LogP contribution in [0.3, 0.4) is 0 Å². The lowest BCUT2D eigenvalue weighted by molar-refractivity contribution is 0.682. The highest BCUT2D eigenvalue weighted by molar-refractivity contribution is 7.84. The van der Waals surface area contributed by atoms with E-state index < -0.39 is 10.8 Å². The maximum Gasteiger partial charge on any atom is 0.151 e. The monoisotopic (exact) mass is 233 g/mol. The lowest BCUT2D eigenvalue weighted by atomic mass is 10.4. The largest absolute Gasteiger partial charge is 0.365 e. The number of nitrogens with one attached hydrogen (secondary N) is 1. The second-order valence-corrected chi connectivity index (χ2v) is 4.89. The molecule has 1 aromatic heterocycles. The average molecular weight is 234 g/mol. The molecule has 0 fully saturated rings. The van der Waals surface area contributed by atoms with E-state index in [-0.39, 0.29) is 6.04 Å². The molecule has 1 aromatic rings. The molecule has 0 saturated heterocycles. The van der Waals surface area contributed by atoms with Crippen LogP contribution < -0.4 is 5.32 Å². The first-order chi connectivity index (χ1) is 6.58. The molecule has 2 atom stereocenters. The van der Waals surface area contributed by atoms with Crippen molar-refractivity contribution in [3.05, 3.63) is 17.3 Å². The molecule has 78 valence electrons. The highest BCUT2D eigenvalue weighted by Crippen LogP contribution is 2.07. The SMILES string of the molecule is CC(CS(C)=O)Nc1ccc(Cl)nn1. The molecule has 0 aliphatic heterocycles. The van der Waals surface area contributed by atoms with Crippen LogP contribution in [0.4, 0.5) is 5.82 Å². The van der Waals surface area contributed by atoms with Crippen molar-refractivity contribution in [3.8, 4) is 0 Å². The van der Waals surface area contributed by atoms with Gasteiger partial charge in [0.1, 0.15) is 5.82 Å². The number of nitrogens with zero attached hydrogens (tertiary/aromatic N) is 2. The minimum Gasteiger partial charge on any atom is -0.365 e. The Hall–Kier alpha value is -0.680. The zero-order chi connectivity index (χ0) is 10.6. The second kappa shape index (κ2) is 5.26. The van der Waals surface area contributed by atoms with Crippen LogP contribution in [-0.2, 0) is 10.8 Å². The van der Waals surface area contributed by atoms with Crippen LogP contribution in [0.2, 0.25) is 5.15 Å². The van der Waals surface area contributed by atoms with Gasteiger partial charge in [0.25, 0.3) is 0 Å². The Morgan fingerprint density at radius 2 is 2.29 bits per heavy atom. The number of hydrogen-bond donors (Lipinski definition) is 1. The quantitative estimate of drug-likeness (QED) is 0.852. The van der Waals surface area contributed by atoms with E-state index in [1.807, 2.05) is 6.92 Å². The lowest BCUT2D eigenvalue weighted by Gasteiger charge is -2.11. The van der Waals surface area contributed by atoms with Gasteiger partial charge in [0.2, 0.25) is 0 Å². The molecule has 0 amide bonds. The second-order valence-electron chi connectivity index (χ2n) is 3.03. The molecule has 2 unspecified atom stereocenters. The number of halogens is 1. The molecule has 0 spiro atoms. The highest BCUT2D eigenvalue weighted by Gasteiger charge is 2.04. The van der Waals surface area contributed by atoms with Gasteiger partial charge >= 0.3 is 0 Å². The molecule has 0 aliphatic rings. The predicted octanol–water partition coefficient (Wildman–Crippen LogP) is 1.31. The van der Waals surface area contributed by atoms with E-state index >= 15 is 0 Å². The van der Waals surface area contributed by atoms with Gasteiger partial charge in [0.05, 0.1) is 0 Å². The molecule has 1 rings (SSSR count). The van der Waals surface area contributed by atoms with Gasteiger partial charge in [-0.25, -0.2) is 0 Å². The van der Waals surface area contributed by atoms with Crippen molar-refractivity contribution in [1.29, 1.82) is 0 Å². The van der Waals surface area contributed by atoms with Crippen LogP contribution >= 0.6 is 11.6 Å². The third-order valence-electron chi connectivity index (χ3n) is 1.51. The van der Waals surface area contributed by atoms with Crippen LogP contribution in [0.15, 0.2) is 12.1 Å². The minimum atomic E-state index is -0.810. The maximum atomic E-state index is 10.9. The third kappa shape index (κ3) is 4.02. The molecule has 0 saturated carbocycles. The Kier molecular flexibility index (Phi) is 4.28. The summed E-state index contributed by atoms with van der Waals surface area (Å²) in [5, 5.41) is 11.0. The smallest absolute Gasteiger partial charge is 0.151 e. The van der Waals surface area contributed by atoms with E-state index in [1.54, 1.807) is 18.4 Å². The summed E-state index contributed by atoms with van der Waals surface area (Å²) in [7, 11) is -0.810. The van der Waals surface area contributed by atoms with E-state index in [2.05, 4.69) is 15.5 Å². The number of aromatic nitrogens is 2. The fraction of sp³-hybridized carbons (Fsp3) is 0.500. The van der Waals surface area contributed by atoms with Gasteiger partial charge < -0.3 is 5.32 Å². The molecular weight excluding hydrogens is 222 g/mol. The summed E-state index contributed by atoms with van der Waals surface area (Å²) in [6.45, 7) is 1.94. The first-order valence-electron chi connectivity index (χ1n) is 4.13. The Bertz CT molecular complexity index is 317. The van der Waals surface area contributed by atoms with E-state index in [1.165, 1.54) is 0 Å². The highest BCUT2D eigenvalue weighted by atomic mass is 35.5. The molecule has 0 aliphatic carbocycles. The van der Waals surface area contributed by atoms with Gasteiger partial charge in [-0.2, -0.15) is 0 Å². The third-order valence-corrected chi connectivity index (χ3v) is 2.68. The van der Waals surface area contributed by atoms with Crippen molar-refractivity contribution >= 4 is 28.2 Å². The summed E-state index contributed by atoms with van der Waals surface area (Å²) in [5.41, 5.74) is 0. The Balaban J connectivity index is 2.51. The minimum absolute atomic E-state index is 0.108. The molecule has 0 bridgehead atoms. The number of anilines is 1. The zero-order valence-electron chi connectivity index (χ0n) is 8.03. The van der Waals surface area contributed by atoms with Crippen LogP contribution in [0, 0.1) is 0 Å². The van der Waals surface area contributed by atoms with Crippen LogP contribution in [-0.4, -0.2) is 32.5 Å². The topological polar surface area (TPSA) is 54.9 Å². The molecule has 4 nitrogen and oxygen atoms in total. The van der Waals surface area contributed by atoms with Crippen molar-refractivity contribution in [1.82, 2.24) is 10.2 Å². The molecule has 1 heterocycles. The molecule has 14 heavy (non-hydrogen) atoms. The van der Waals surface area contributed by atoms with Crippen molar-refractivity contribution in [2.24, 2.45) is 0 Å². The normalized spacial score (nSPS) is 14.8. The van der Waals surface area contributed by atoms with Gasteiger partial charge in [0, 0.05) is 28.9 Å². The van der Waals surface area contributed by atoms with Crippen molar-refractivity contribution in [3.63, 3.8) is 0 Å². The summed E-state index contributed by atoms with van der Waals surface area (Å²) in [4.78, 5) is 0. The van der Waals surface area contributed by atoms with Gasteiger partial charge in [-0.15, -0.1) is 10.2 Å². The first kappa shape index (κ1) is 11.4. The summed E-state index contributed by atoms with van der Waals surface area (Å²) < 4.78 is 10.9. The maximum absolute atomic E-state index is 10.9. The molecule has 6 heteroatoms. The van der Waals surface area contributed by atoms with Crippen molar-refractivity contribution in [2.45, 2.75) is 13.0 Å². The Morgan fingerprint density at radius 3 is 2.79 bits per heavy atom. The fourth-order valence-corrected chi connectivity index (χ4v) is 1.93. The van der Waals surface area contributed by atoms with Gasteiger partial charge in [-0.05, 0) is 19.1 Å².